The number of aliphatic hydroxyl groups is 1. The lowest BCUT2D eigenvalue weighted by atomic mass is 10.0. The molecule has 0 saturated heterocycles. The van der Waals surface area contributed by atoms with Crippen LogP contribution >= 0.6 is 7.82 Å². The molecule has 0 aliphatic heterocycles. The number of amides is 1. The lowest BCUT2D eigenvalue weighted by Gasteiger charge is -2.18. The summed E-state index contributed by atoms with van der Waals surface area (Å²) in [6, 6.07) is -1.55. The molecule has 0 rings (SSSR count). The van der Waals surface area contributed by atoms with Crippen molar-refractivity contribution in [2.75, 3.05) is 19.8 Å². The van der Waals surface area contributed by atoms with Crippen LogP contribution in [-0.4, -0.2) is 64.9 Å². The number of hydrogen-bond acceptors (Lipinski definition) is 8. The highest BCUT2D eigenvalue weighted by Gasteiger charge is 2.28. The van der Waals surface area contributed by atoms with E-state index in [9.17, 15) is 34.1 Å². The molecule has 0 fully saturated rings. The van der Waals surface area contributed by atoms with Gasteiger partial charge in [-0.3, -0.25) is 18.6 Å². The Kier molecular flexibility index (Phi) is 38.7. The molecular formula is C44H84NO10P. The number of allylic oxidation sites excluding steroid dienone is 2. The van der Waals surface area contributed by atoms with E-state index >= 15 is 0 Å². The molecule has 0 aromatic heterocycles. The summed E-state index contributed by atoms with van der Waals surface area (Å²) >= 11 is 0. The predicted molar refractivity (Wildman–Crippen MR) is 226 cm³/mol. The maximum atomic E-state index is 12.3. The van der Waals surface area contributed by atoms with E-state index < -0.39 is 57.6 Å². The quantitative estimate of drug-likeness (QED) is 0.0201. The number of esters is 1. The smallest absolute Gasteiger partial charge is 0.472 e. The molecular weight excluding hydrogens is 733 g/mol. The maximum absolute atomic E-state index is 12.3. The van der Waals surface area contributed by atoms with Crippen molar-refractivity contribution in [3.05, 3.63) is 12.2 Å². The lowest BCUT2D eigenvalue weighted by molar-refractivity contribution is -0.147. The Labute approximate surface area is 341 Å². The summed E-state index contributed by atoms with van der Waals surface area (Å²) in [6.07, 6.45) is 39.5. The van der Waals surface area contributed by atoms with Gasteiger partial charge in [-0.15, -0.1) is 0 Å². The molecule has 0 heterocycles. The average molecular weight is 818 g/mol. The summed E-state index contributed by atoms with van der Waals surface area (Å²) in [5.41, 5.74) is 0. The van der Waals surface area contributed by atoms with Crippen LogP contribution in [0.1, 0.15) is 219 Å². The van der Waals surface area contributed by atoms with Crippen LogP contribution in [-0.2, 0) is 32.7 Å². The molecule has 12 heteroatoms. The summed E-state index contributed by atoms with van der Waals surface area (Å²) in [7, 11) is -4.75. The van der Waals surface area contributed by atoms with Crippen molar-refractivity contribution in [2.45, 2.75) is 231 Å². The van der Waals surface area contributed by atoms with Gasteiger partial charge in [-0.2, -0.15) is 0 Å². The maximum Gasteiger partial charge on any atom is 0.472 e. The van der Waals surface area contributed by atoms with Gasteiger partial charge in [0.15, 0.2) is 6.04 Å². The predicted octanol–water partition coefficient (Wildman–Crippen LogP) is 11.7. The highest BCUT2D eigenvalue weighted by molar-refractivity contribution is 7.47. The van der Waals surface area contributed by atoms with Crippen LogP contribution in [0, 0.1) is 0 Å². The lowest BCUT2D eigenvalue weighted by Crippen LogP contribution is -2.43. The molecule has 3 unspecified atom stereocenters. The van der Waals surface area contributed by atoms with Gasteiger partial charge in [0.2, 0.25) is 5.91 Å². The minimum absolute atomic E-state index is 0.139. The standard InChI is InChI=1S/C44H84NO10P/c1-3-5-7-9-11-13-15-17-19-20-22-24-26-28-30-32-34-36-43(48)53-37-40(46)38-54-56(51,52)55-39-41(44(49)50)45-42(47)35-33-31-29-27-25-23-21-18-16-14-12-10-8-6-4-2/h18,21,40-41,46H,3-17,19-20,22-39H2,1-2H3,(H,45,47)(H,49,50)(H,51,52)/b21-18-. The van der Waals surface area contributed by atoms with E-state index in [0.29, 0.717) is 12.8 Å². The van der Waals surface area contributed by atoms with Gasteiger partial charge in [0, 0.05) is 12.8 Å². The minimum Gasteiger partial charge on any atom is -0.480 e. The third-order valence-electron chi connectivity index (χ3n) is 10.1. The van der Waals surface area contributed by atoms with Gasteiger partial charge < -0.3 is 25.2 Å². The summed E-state index contributed by atoms with van der Waals surface area (Å²) in [6.45, 7) is 2.61. The second-order valence-corrected chi connectivity index (χ2v) is 17.0. The molecule has 0 aliphatic rings. The van der Waals surface area contributed by atoms with Crippen molar-refractivity contribution in [3.63, 3.8) is 0 Å². The third kappa shape index (κ3) is 39.1. The number of carbonyl (C=O) groups is 3. The van der Waals surface area contributed by atoms with E-state index in [4.69, 9.17) is 13.8 Å². The first-order valence-corrected chi connectivity index (χ1v) is 24.2. The minimum atomic E-state index is -4.75. The van der Waals surface area contributed by atoms with Crippen molar-refractivity contribution in [1.82, 2.24) is 5.32 Å². The molecule has 3 atom stereocenters. The first-order chi connectivity index (χ1) is 27.1. The summed E-state index contributed by atoms with van der Waals surface area (Å²) in [5, 5.41) is 21.8. The van der Waals surface area contributed by atoms with E-state index in [1.54, 1.807) is 0 Å². The monoisotopic (exact) mass is 818 g/mol. The number of aliphatic carboxylic acids is 1. The number of nitrogens with one attached hydrogen (secondary N) is 1. The van der Waals surface area contributed by atoms with Gasteiger partial charge in [-0.1, -0.05) is 180 Å². The van der Waals surface area contributed by atoms with Gasteiger partial charge >= 0.3 is 19.8 Å². The fraction of sp³-hybridized carbons (Fsp3) is 0.886. The number of carbonyl (C=O) groups excluding carboxylic acids is 2. The molecule has 0 bridgehead atoms. The van der Waals surface area contributed by atoms with Crippen molar-refractivity contribution >= 4 is 25.7 Å². The molecule has 11 nitrogen and oxygen atoms in total. The summed E-state index contributed by atoms with van der Waals surface area (Å²) in [4.78, 5) is 45.9. The molecule has 0 aliphatic carbocycles. The first kappa shape index (κ1) is 54.2. The van der Waals surface area contributed by atoms with E-state index in [2.05, 4.69) is 31.3 Å². The van der Waals surface area contributed by atoms with Gasteiger partial charge in [-0.25, -0.2) is 9.36 Å². The van der Waals surface area contributed by atoms with Crippen molar-refractivity contribution < 1.29 is 47.8 Å². The molecule has 4 N–H and O–H groups in total. The van der Waals surface area contributed by atoms with Crippen LogP contribution in [0.3, 0.4) is 0 Å². The average Bonchev–Trinajstić information content (AvgIpc) is 3.17. The number of rotatable bonds is 43. The van der Waals surface area contributed by atoms with E-state index in [0.717, 1.165) is 57.8 Å². The number of phosphoric ester groups is 1. The SMILES string of the molecule is CCCCCCCC/C=C\CCCCCCCC(=O)NC(COP(=O)(O)OCC(O)COC(=O)CCCCCCCCCCCCCCCCCCC)C(=O)O. The Bertz CT molecular complexity index is 1010. The largest absolute Gasteiger partial charge is 0.480 e. The van der Waals surface area contributed by atoms with Crippen LogP contribution in [0.25, 0.3) is 0 Å². The van der Waals surface area contributed by atoms with E-state index in [-0.39, 0.29) is 12.8 Å². The van der Waals surface area contributed by atoms with Gasteiger partial charge in [0.1, 0.15) is 12.7 Å². The Balaban J connectivity index is 3.87. The van der Waals surface area contributed by atoms with Gasteiger partial charge in [0.05, 0.1) is 13.2 Å². The number of carboxylic acid groups (broad SMARTS) is 1. The molecule has 0 radical (unpaired) electrons. The van der Waals surface area contributed by atoms with Crippen molar-refractivity contribution in [2.24, 2.45) is 0 Å². The van der Waals surface area contributed by atoms with Crippen LogP contribution in [0.2, 0.25) is 0 Å². The number of aliphatic hydroxyl groups excluding tert-OH is 1. The molecule has 56 heavy (non-hydrogen) atoms. The highest BCUT2D eigenvalue weighted by atomic mass is 31.2. The Hall–Kier alpha value is -1.78. The molecule has 1 amide bonds. The normalized spacial score (nSPS) is 13.8. The third-order valence-corrected chi connectivity index (χ3v) is 11.0. The molecule has 0 aromatic carbocycles. The van der Waals surface area contributed by atoms with Crippen LogP contribution in [0.15, 0.2) is 12.2 Å². The second-order valence-electron chi connectivity index (χ2n) is 15.6. The first-order valence-electron chi connectivity index (χ1n) is 22.7. The Morgan fingerprint density at radius 2 is 0.929 bits per heavy atom. The van der Waals surface area contributed by atoms with Crippen LogP contribution in [0.5, 0.6) is 0 Å². The number of hydrogen-bond donors (Lipinski definition) is 4. The van der Waals surface area contributed by atoms with Gasteiger partial charge in [0.25, 0.3) is 0 Å². The Morgan fingerprint density at radius 3 is 1.36 bits per heavy atom. The number of unbranched alkanes of at least 4 members (excludes halogenated alkanes) is 27. The van der Waals surface area contributed by atoms with Crippen molar-refractivity contribution in [1.29, 1.82) is 0 Å². The second kappa shape index (κ2) is 40.0. The number of carboxylic acids is 1. The number of phosphoric acid groups is 1. The van der Waals surface area contributed by atoms with Crippen LogP contribution < -0.4 is 5.32 Å². The zero-order valence-electron chi connectivity index (χ0n) is 35.7. The van der Waals surface area contributed by atoms with Crippen molar-refractivity contribution in [3.8, 4) is 0 Å². The van der Waals surface area contributed by atoms with Crippen LogP contribution in [0.4, 0.5) is 0 Å². The molecule has 0 spiro atoms. The molecule has 0 aromatic rings. The highest BCUT2D eigenvalue weighted by Crippen LogP contribution is 2.43. The topological polar surface area (TPSA) is 169 Å². The fourth-order valence-electron chi connectivity index (χ4n) is 6.49. The zero-order valence-corrected chi connectivity index (χ0v) is 36.6. The Morgan fingerprint density at radius 1 is 0.554 bits per heavy atom. The molecule has 0 saturated carbocycles. The fourth-order valence-corrected chi connectivity index (χ4v) is 7.26. The number of ether oxygens (including phenoxy) is 1. The van der Waals surface area contributed by atoms with E-state index in [1.165, 1.54) is 122 Å². The molecule has 330 valence electrons. The summed E-state index contributed by atoms with van der Waals surface area (Å²) < 4.78 is 26.8. The van der Waals surface area contributed by atoms with E-state index in [1.807, 2.05) is 0 Å². The summed E-state index contributed by atoms with van der Waals surface area (Å²) in [5.74, 6) is -2.37. The van der Waals surface area contributed by atoms with Gasteiger partial charge in [-0.05, 0) is 38.5 Å². The zero-order chi connectivity index (χ0) is 41.4.